The molecule has 3 rings (SSSR count). The zero-order chi connectivity index (χ0) is 13.9. The lowest BCUT2D eigenvalue weighted by atomic mass is 10.3. The van der Waals surface area contributed by atoms with Crippen LogP contribution in [-0.2, 0) is 7.05 Å². The highest BCUT2D eigenvalue weighted by atomic mass is 32.1. The molecule has 0 saturated heterocycles. The third-order valence-corrected chi connectivity index (χ3v) is 3.30. The van der Waals surface area contributed by atoms with E-state index in [1.807, 2.05) is 18.2 Å². The van der Waals surface area contributed by atoms with Gasteiger partial charge < -0.3 is 5.32 Å². The topological polar surface area (TPSA) is 72.7 Å². The van der Waals surface area contributed by atoms with Crippen LogP contribution in [0.5, 0.6) is 0 Å². The number of aromatic nitrogens is 4. The average Bonchev–Trinajstić information content (AvgIpc) is 3.10. The lowest BCUT2D eigenvalue weighted by Gasteiger charge is -2.01. The van der Waals surface area contributed by atoms with Crippen LogP contribution in [0.1, 0.15) is 10.5 Å². The third kappa shape index (κ3) is 2.43. The molecule has 20 heavy (non-hydrogen) atoms. The van der Waals surface area contributed by atoms with E-state index in [1.54, 1.807) is 34.9 Å². The zero-order valence-electron chi connectivity index (χ0n) is 10.6. The van der Waals surface area contributed by atoms with Crippen LogP contribution in [0.3, 0.4) is 0 Å². The molecule has 100 valence electrons. The first-order valence-electron chi connectivity index (χ1n) is 5.89. The van der Waals surface area contributed by atoms with Crippen LogP contribution in [0.2, 0.25) is 0 Å². The minimum absolute atomic E-state index is 0.248. The maximum Gasteiger partial charge on any atom is 0.276 e. The molecule has 6 nitrogen and oxygen atoms in total. The number of nitrogens with one attached hydrogen (secondary N) is 1. The fraction of sp³-hybridized carbons (Fsp3) is 0.0769. The van der Waals surface area contributed by atoms with Gasteiger partial charge in [0.15, 0.2) is 0 Å². The van der Waals surface area contributed by atoms with Gasteiger partial charge in [-0.25, -0.2) is 4.98 Å². The minimum Gasteiger partial charge on any atom is -0.305 e. The van der Waals surface area contributed by atoms with E-state index in [2.05, 4.69) is 20.4 Å². The van der Waals surface area contributed by atoms with Gasteiger partial charge in [0.1, 0.15) is 17.2 Å². The second kappa shape index (κ2) is 5.22. The predicted octanol–water partition coefficient (Wildman–Crippen LogP) is 2.19. The molecule has 0 aliphatic rings. The summed E-state index contributed by atoms with van der Waals surface area (Å²) in [5, 5.41) is 8.82. The Kier molecular flexibility index (Phi) is 3.26. The van der Waals surface area contributed by atoms with Crippen LogP contribution >= 0.6 is 11.3 Å². The standard InChI is InChI=1S/C13H11N5OS/c1-18-12(16-13(19)11-7-20-8-15-11)6-10(17-18)9-4-2-3-5-14-9/h2-8H,1H3,(H,16,19). The monoisotopic (exact) mass is 285 g/mol. The van der Waals surface area contributed by atoms with E-state index >= 15 is 0 Å². The number of carbonyl (C=O) groups excluding carboxylic acids is 1. The molecule has 0 aliphatic heterocycles. The molecule has 3 aromatic rings. The molecule has 0 atom stereocenters. The molecule has 7 heteroatoms. The van der Waals surface area contributed by atoms with E-state index in [1.165, 1.54) is 11.3 Å². The highest BCUT2D eigenvalue weighted by Gasteiger charge is 2.13. The molecular weight excluding hydrogens is 274 g/mol. The normalized spacial score (nSPS) is 10.4. The van der Waals surface area contributed by atoms with Crippen LogP contribution in [-0.4, -0.2) is 25.7 Å². The maximum atomic E-state index is 11.9. The molecule has 0 bridgehead atoms. The average molecular weight is 285 g/mol. The summed E-state index contributed by atoms with van der Waals surface area (Å²) in [6, 6.07) is 7.39. The molecule has 0 unspecified atom stereocenters. The number of nitrogens with zero attached hydrogens (tertiary/aromatic N) is 4. The molecule has 1 N–H and O–H groups in total. The Hall–Kier alpha value is -2.54. The van der Waals surface area contributed by atoms with E-state index in [4.69, 9.17) is 0 Å². The molecule has 0 spiro atoms. The quantitative estimate of drug-likeness (QED) is 0.800. The summed E-state index contributed by atoms with van der Waals surface area (Å²) >= 11 is 1.38. The number of carbonyl (C=O) groups is 1. The van der Waals surface area contributed by atoms with E-state index in [0.717, 1.165) is 5.69 Å². The fourth-order valence-electron chi connectivity index (χ4n) is 1.73. The molecule has 3 heterocycles. The molecule has 0 fully saturated rings. The first kappa shape index (κ1) is 12.5. The number of thiazole rings is 1. The molecule has 0 radical (unpaired) electrons. The van der Waals surface area contributed by atoms with Crippen LogP contribution in [0.25, 0.3) is 11.4 Å². The second-order valence-corrected chi connectivity index (χ2v) is 4.80. The van der Waals surface area contributed by atoms with Crippen molar-refractivity contribution >= 4 is 23.1 Å². The van der Waals surface area contributed by atoms with Crippen LogP contribution in [0, 0.1) is 0 Å². The number of amides is 1. The van der Waals surface area contributed by atoms with Gasteiger partial charge in [0.05, 0.1) is 11.2 Å². The highest BCUT2D eigenvalue weighted by molar-refractivity contribution is 7.07. The number of hydrogen-bond acceptors (Lipinski definition) is 5. The van der Waals surface area contributed by atoms with E-state index in [-0.39, 0.29) is 5.91 Å². The van der Waals surface area contributed by atoms with Crippen molar-refractivity contribution in [2.75, 3.05) is 5.32 Å². The summed E-state index contributed by atoms with van der Waals surface area (Å²) in [5.74, 6) is 0.352. The Labute approximate surface area is 119 Å². The van der Waals surface area contributed by atoms with E-state index in [0.29, 0.717) is 17.2 Å². The molecular formula is C13H11N5OS. The van der Waals surface area contributed by atoms with Crippen molar-refractivity contribution in [1.29, 1.82) is 0 Å². The maximum absolute atomic E-state index is 11.9. The van der Waals surface area contributed by atoms with E-state index < -0.39 is 0 Å². The summed E-state index contributed by atoms with van der Waals surface area (Å²) in [7, 11) is 1.77. The van der Waals surface area contributed by atoms with Gasteiger partial charge in [-0.05, 0) is 12.1 Å². The van der Waals surface area contributed by atoms with Gasteiger partial charge in [0.2, 0.25) is 0 Å². The largest absolute Gasteiger partial charge is 0.305 e. The van der Waals surface area contributed by atoms with Crippen LogP contribution < -0.4 is 5.32 Å². The molecule has 0 aromatic carbocycles. The van der Waals surface area contributed by atoms with Crippen LogP contribution in [0.4, 0.5) is 5.82 Å². The van der Waals surface area contributed by atoms with Crippen molar-refractivity contribution in [1.82, 2.24) is 19.7 Å². The van der Waals surface area contributed by atoms with Crippen molar-refractivity contribution < 1.29 is 4.79 Å². The Morgan fingerprint density at radius 1 is 1.30 bits per heavy atom. The van der Waals surface area contributed by atoms with Gasteiger partial charge in [0, 0.05) is 24.7 Å². The molecule has 0 aliphatic carbocycles. The van der Waals surface area contributed by atoms with Gasteiger partial charge >= 0.3 is 0 Å². The predicted molar refractivity (Wildman–Crippen MR) is 76.5 cm³/mol. The second-order valence-electron chi connectivity index (χ2n) is 4.08. The van der Waals surface area contributed by atoms with Crippen LogP contribution in [0.15, 0.2) is 41.4 Å². The Morgan fingerprint density at radius 3 is 2.90 bits per heavy atom. The van der Waals surface area contributed by atoms with Gasteiger partial charge in [-0.2, -0.15) is 5.10 Å². The smallest absolute Gasteiger partial charge is 0.276 e. The van der Waals surface area contributed by atoms with Crippen molar-refractivity contribution in [3.63, 3.8) is 0 Å². The van der Waals surface area contributed by atoms with Crippen molar-refractivity contribution in [3.8, 4) is 11.4 Å². The number of anilines is 1. The minimum atomic E-state index is -0.248. The number of aryl methyl sites for hydroxylation is 1. The van der Waals surface area contributed by atoms with E-state index in [9.17, 15) is 4.79 Å². The third-order valence-electron chi connectivity index (χ3n) is 2.71. The summed E-state index contributed by atoms with van der Waals surface area (Å²) in [5.41, 5.74) is 3.49. The van der Waals surface area contributed by atoms with Gasteiger partial charge in [-0.1, -0.05) is 6.07 Å². The van der Waals surface area contributed by atoms with Crippen molar-refractivity contribution in [2.24, 2.45) is 7.05 Å². The number of hydrogen-bond donors (Lipinski definition) is 1. The van der Waals surface area contributed by atoms with Gasteiger partial charge in [0.25, 0.3) is 5.91 Å². The molecule has 0 saturated carbocycles. The lowest BCUT2D eigenvalue weighted by Crippen LogP contribution is -2.14. The fourth-order valence-corrected chi connectivity index (χ4v) is 2.26. The summed E-state index contributed by atoms with van der Waals surface area (Å²) in [6.07, 6.45) is 1.71. The van der Waals surface area contributed by atoms with Crippen molar-refractivity contribution in [2.45, 2.75) is 0 Å². The molecule has 1 amide bonds. The van der Waals surface area contributed by atoms with Gasteiger partial charge in [-0.3, -0.25) is 14.5 Å². The summed E-state index contributed by atoms with van der Waals surface area (Å²) in [4.78, 5) is 20.2. The Morgan fingerprint density at radius 2 is 2.20 bits per heavy atom. The van der Waals surface area contributed by atoms with Crippen molar-refractivity contribution in [3.05, 3.63) is 47.0 Å². The first-order valence-corrected chi connectivity index (χ1v) is 6.83. The SMILES string of the molecule is Cn1nc(-c2ccccn2)cc1NC(=O)c1cscn1. The first-order chi connectivity index (χ1) is 9.74. The Balaban J connectivity index is 1.85. The lowest BCUT2D eigenvalue weighted by molar-refractivity contribution is 0.102. The zero-order valence-corrected chi connectivity index (χ0v) is 11.5. The van der Waals surface area contributed by atoms with Gasteiger partial charge in [-0.15, -0.1) is 11.3 Å². The number of pyridine rings is 1. The summed E-state index contributed by atoms with van der Waals surface area (Å²) < 4.78 is 1.61. The highest BCUT2D eigenvalue weighted by Crippen LogP contribution is 2.19. The number of rotatable bonds is 3. The summed E-state index contributed by atoms with van der Waals surface area (Å²) in [6.45, 7) is 0. The molecule has 3 aromatic heterocycles. The Bertz CT molecular complexity index is 721.